The van der Waals surface area contributed by atoms with Crippen molar-refractivity contribution in [3.8, 4) is 11.5 Å². The van der Waals surface area contributed by atoms with Gasteiger partial charge in [-0.3, -0.25) is 24.3 Å². The van der Waals surface area contributed by atoms with Crippen LogP contribution in [0.4, 0.5) is 0 Å². The van der Waals surface area contributed by atoms with Gasteiger partial charge < -0.3 is 9.88 Å². The summed E-state index contributed by atoms with van der Waals surface area (Å²) in [6.45, 7) is 1.24. The van der Waals surface area contributed by atoms with Crippen LogP contribution in [0.3, 0.4) is 0 Å². The lowest BCUT2D eigenvalue weighted by atomic mass is 10.1. The van der Waals surface area contributed by atoms with Crippen LogP contribution in [0.25, 0.3) is 11.5 Å². The first-order valence-corrected chi connectivity index (χ1v) is 9.79. The predicted octanol–water partition coefficient (Wildman–Crippen LogP) is 2.14. The number of rotatable bonds is 8. The zero-order chi connectivity index (χ0) is 20.9. The molecular formula is C22H21N5O3. The van der Waals surface area contributed by atoms with E-state index in [1.165, 1.54) is 4.90 Å². The first-order chi connectivity index (χ1) is 14.6. The Bertz CT molecular complexity index is 1040. The molecule has 0 fully saturated rings. The molecule has 0 unspecified atom stereocenters. The molecule has 0 atom stereocenters. The lowest BCUT2D eigenvalue weighted by Gasteiger charge is -2.13. The highest BCUT2D eigenvalue weighted by molar-refractivity contribution is 6.21. The number of pyridine rings is 1. The molecule has 1 aliphatic heterocycles. The quantitative estimate of drug-likeness (QED) is 0.581. The number of imide groups is 1. The summed E-state index contributed by atoms with van der Waals surface area (Å²) < 4.78 is 1.93. The molecular weight excluding hydrogens is 382 g/mol. The molecule has 2 aromatic heterocycles. The highest BCUT2D eigenvalue weighted by Crippen LogP contribution is 2.22. The minimum Gasteiger partial charge on any atom is -0.354 e. The molecule has 0 saturated heterocycles. The number of imidazole rings is 1. The number of benzene rings is 1. The highest BCUT2D eigenvalue weighted by atomic mass is 16.2. The van der Waals surface area contributed by atoms with Crippen molar-refractivity contribution in [2.24, 2.45) is 0 Å². The van der Waals surface area contributed by atoms with Crippen molar-refractivity contribution in [1.82, 2.24) is 24.8 Å². The number of hydrogen-bond acceptors (Lipinski definition) is 5. The molecule has 3 heterocycles. The molecule has 0 aliphatic carbocycles. The summed E-state index contributed by atoms with van der Waals surface area (Å²) in [6.07, 6.45) is 5.92. The maximum absolute atomic E-state index is 12.3. The number of carbonyl (C=O) groups is 3. The molecule has 8 nitrogen and oxygen atoms in total. The van der Waals surface area contributed by atoms with E-state index in [2.05, 4.69) is 15.3 Å². The molecule has 0 saturated carbocycles. The number of hydrogen-bond donors (Lipinski definition) is 1. The van der Waals surface area contributed by atoms with Gasteiger partial charge in [0, 0.05) is 44.6 Å². The topological polar surface area (TPSA) is 97.2 Å². The van der Waals surface area contributed by atoms with Gasteiger partial charge in [-0.2, -0.15) is 0 Å². The lowest BCUT2D eigenvalue weighted by Crippen LogP contribution is -2.32. The summed E-state index contributed by atoms with van der Waals surface area (Å²) in [7, 11) is 0. The van der Waals surface area contributed by atoms with Crippen LogP contribution in [0.15, 0.2) is 61.1 Å². The van der Waals surface area contributed by atoms with E-state index < -0.39 is 0 Å². The molecule has 0 spiro atoms. The van der Waals surface area contributed by atoms with Crippen LogP contribution < -0.4 is 5.32 Å². The molecule has 0 radical (unpaired) electrons. The van der Waals surface area contributed by atoms with Crippen LogP contribution in [0.2, 0.25) is 0 Å². The number of amides is 3. The van der Waals surface area contributed by atoms with Crippen LogP contribution in [-0.2, 0) is 11.3 Å². The number of carbonyl (C=O) groups excluding carboxylic acids is 3. The fourth-order valence-electron chi connectivity index (χ4n) is 3.46. The Morgan fingerprint density at radius 2 is 1.63 bits per heavy atom. The monoisotopic (exact) mass is 403 g/mol. The van der Waals surface area contributed by atoms with Gasteiger partial charge in [0.05, 0.1) is 11.1 Å². The van der Waals surface area contributed by atoms with Gasteiger partial charge in [0.15, 0.2) is 5.82 Å². The Hall–Kier alpha value is -3.81. The van der Waals surface area contributed by atoms with Gasteiger partial charge >= 0.3 is 0 Å². The van der Waals surface area contributed by atoms with Crippen molar-refractivity contribution >= 4 is 17.7 Å². The summed E-state index contributed by atoms with van der Waals surface area (Å²) >= 11 is 0. The molecule has 0 bridgehead atoms. The van der Waals surface area contributed by atoms with E-state index in [4.69, 9.17) is 0 Å². The third kappa shape index (κ3) is 3.98. The number of nitrogens with one attached hydrogen (secondary N) is 1. The maximum Gasteiger partial charge on any atom is 0.261 e. The lowest BCUT2D eigenvalue weighted by molar-refractivity contribution is -0.121. The molecule has 1 aliphatic rings. The third-order valence-electron chi connectivity index (χ3n) is 4.95. The Kier molecular flexibility index (Phi) is 5.65. The third-order valence-corrected chi connectivity index (χ3v) is 4.95. The van der Waals surface area contributed by atoms with Crippen LogP contribution in [0.5, 0.6) is 0 Å². The molecule has 8 heteroatoms. The second-order valence-electron chi connectivity index (χ2n) is 6.92. The van der Waals surface area contributed by atoms with Crippen molar-refractivity contribution < 1.29 is 14.4 Å². The van der Waals surface area contributed by atoms with Gasteiger partial charge in [-0.1, -0.05) is 18.2 Å². The SMILES string of the molecule is O=C(CCCN1C(=O)c2ccccc2C1=O)NCCn1ccnc1-c1ccccn1. The fourth-order valence-corrected chi connectivity index (χ4v) is 3.46. The van der Waals surface area contributed by atoms with Crippen molar-refractivity contribution in [3.05, 3.63) is 72.2 Å². The molecule has 3 aromatic rings. The van der Waals surface area contributed by atoms with Gasteiger partial charge in [0.1, 0.15) is 5.69 Å². The van der Waals surface area contributed by atoms with E-state index in [0.29, 0.717) is 30.6 Å². The van der Waals surface area contributed by atoms with Crippen molar-refractivity contribution in [3.63, 3.8) is 0 Å². The molecule has 1 N–H and O–H groups in total. The van der Waals surface area contributed by atoms with Crippen LogP contribution in [0.1, 0.15) is 33.6 Å². The molecule has 1 aromatic carbocycles. The Morgan fingerprint density at radius 1 is 0.900 bits per heavy atom. The van der Waals surface area contributed by atoms with E-state index in [1.54, 1.807) is 36.7 Å². The second-order valence-corrected chi connectivity index (χ2v) is 6.92. The smallest absolute Gasteiger partial charge is 0.261 e. The van der Waals surface area contributed by atoms with E-state index in [-0.39, 0.29) is 30.7 Å². The van der Waals surface area contributed by atoms with Crippen molar-refractivity contribution in [2.45, 2.75) is 19.4 Å². The van der Waals surface area contributed by atoms with Gasteiger partial charge in [-0.05, 0) is 30.7 Å². The second kappa shape index (κ2) is 8.69. The van der Waals surface area contributed by atoms with E-state index in [1.807, 2.05) is 29.0 Å². The largest absolute Gasteiger partial charge is 0.354 e. The summed E-state index contributed by atoms with van der Waals surface area (Å²) in [5.74, 6) is 0.0397. The van der Waals surface area contributed by atoms with Gasteiger partial charge in [0.25, 0.3) is 11.8 Å². The summed E-state index contributed by atoms with van der Waals surface area (Å²) in [5, 5.41) is 2.87. The minimum absolute atomic E-state index is 0.119. The van der Waals surface area contributed by atoms with Gasteiger partial charge in [-0.15, -0.1) is 0 Å². The summed E-state index contributed by atoms with van der Waals surface area (Å²) in [6, 6.07) is 12.4. The summed E-state index contributed by atoms with van der Waals surface area (Å²) in [4.78, 5) is 46.6. The van der Waals surface area contributed by atoms with Gasteiger partial charge in [-0.25, -0.2) is 4.98 Å². The number of fused-ring (bicyclic) bond motifs is 1. The number of nitrogens with zero attached hydrogens (tertiary/aromatic N) is 4. The standard InChI is InChI=1S/C22H21N5O3/c28-19(9-5-13-27-21(29)16-6-1-2-7-17(16)22(27)30)24-11-14-26-15-12-25-20(26)18-8-3-4-10-23-18/h1-4,6-8,10,12,15H,5,9,11,13-14H2,(H,24,28). The Morgan fingerprint density at radius 3 is 2.33 bits per heavy atom. The minimum atomic E-state index is -0.293. The Balaban J connectivity index is 1.22. The van der Waals surface area contributed by atoms with Crippen LogP contribution >= 0.6 is 0 Å². The molecule has 152 valence electrons. The average Bonchev–Trinajstić information content (AvgIpc) is 3.33. The van der Waals surface area contributed by atoms with Crippen molar-refractivity contribution in [2.75, 3.05) is 13.1 Å². The highest BCUT2D eigenvalue weighted by Gasteiger charge is 2.34. The first-order valence-electron chi connectivity index (χ1n) is 9.79. The van der Waals surface area contributed by atoms with Crippen LogP contribution in [0, 0.1) is 0 Å². The van der Waals surface area contributed by atoms with Crippen LogP contribution in [-0.4, -0.2) is 50.2 Å². The van der Waals surface area contributed by atoms with E-state index in [9.17, 15) is 14.4 Å². The zero-order valence-corrected chi connectivity index (χ0v) is 16.3. The zero-order valence-electron chi connectivity index (χ0n) is 16.3. The molecule has 3 amide bonds. The normalized spacial score (nSPS) is 12.9. The molecule has 4 rings (SSSR count). The molecule has 30 heavy (non-hydrogen) atoms. The van der Waals surface area contributed by atoms with E-state index >= 15 is 0 Å². The Labute approximate surface area is 173 Å². The van der Waals surface area contributed by atoms with Gasteiger partial charge in [0.2, 0.25) is 5.91 Å². The van der Waals surface area contributed by atoms with E-state index in [0.717, 1.165) is 11.5 Å². The van der Waals surface area contributed by atoms with Crippen molar-refractivity contribution in [1.29, 1.82) is 0 Å². The fraction of sp³-hybridized carbons (Fsp3) is 0.227. The maximum atomic E-state index is 12.3. The first kappa shape index (κ1) is 19.5. The predicted molar refractivity (Wildman–Crippen MR) is 110 cm³/mol. The number of aromatic nitrogens is 3. The average molecular weight is 403 g/mol. The summed E-state index contributed by atoms with van der Waals surface area (Å²) in [5.41, 5.74) is 1.63.